The summed E-state index contributed by atoms with van der Waals surface area (Å²) in [6.07, 6.45) is 8.48. The number of carbonyl (C=O) groups excluding carboxylic acids is 1. The van der Waals surface area contributed by atoms with E-state index >= 15 is 0 Å². The summed E-state index contributed by atoms with van der Waals surface area (Å²) in [5, 5.41) is 4.14. The second kappa shape index (κ2) is 7.86. The summed E-state index contributed by atoms with van der Waals surface area (Å²) in [4.78, 5) is 18.7. The van der Waals surface area contributed by atoms with Crippen molar-refractivity contribution < 1.29 is 4.79 Å². The first kappa shape index (κ1) is 17.1. The van der Waals surface area contributed by atoms with Gasteiger partial charge in [-0.3, -0.25) is 4.79 Å². The van der Waals surface area contributed by atoms with Gasteiger partial charge < -0.3 is 10.3 Å². The standard InChI is InChI=1S/C19H24ClN3O/c1-2-5-16(23-20)13-8-10-14(11-9-13)19(24)22-18-12-21-17-7-4-3-6-15(17)18/h2-4,6-7,12-14,16,21,23H,1,5,8-11H2,(H,22,24). The molecule has 0 radical (unpaired) electrons. The molecule has 0 aliphatic heterocycles. The summed E-state index contributed by atoms with van der Waals surface area (Å²) < 4.78 is 0. The minimum Gasteiger partial charge on any atom is -0.359 e. The molecule has 3 rings (SSSR count). The monoisotopic (exact) mass is 345 g/mol. The molecule has 128 valence electrons. The highest BCUT2D eigenvalue weighted by Gasteiger charge is 2.30. The molecule has 0 saturated heterocycles. The Labute approximate surface area is 147 Å². The third kappa shape index (κ3) is 3.65. The normalized spacial score (nSPS) is 22.2. The average molecular weight is 346 g/mol. The number of anilines is 1. The van der Waals surface area contributed by atoms with Crippen LogP contribution in [0, 0.1) is 11.8 Å². The van der Waals surface area contributed by atoms with E-state index in [4.69, 9.17) is 11.8 Å². The van der Waals surface area contributed by atoms with Crippen molar-refractivity contribution in [2.45, 2.75) is 38.1 Å². The largest absolute Gasteiger partial charge is 0.359 e. The number of carbonyl (C=O) groups is 1. The van der Waals surface area contributed by atoms with Gasteiger partial charge in [0.1, 0.15) is 0 Å². The smallest absolute Gasteiger partial charge is 0.227 e. The zero-order valence-corrected chi connectivity index (χ0v) is 14.5. The lowest BCUT2D eigenvalue weighted by Crippen LogP contribution is -2.35. The molecule has 0 bridgehead atoms. The van der Waals surface area contributed by atoms with E-state index in [0.29, 0.717) is 5.92 Å². The Bertz CT molecular complexity index is 703. The van der Waals surface area contributed by atoms with Gasteiger partial charge in [0.2, 0.25) is 5.91 Å². The lowest BCUT2D eigenvalue weighted by atomic mass is 9.77. The van der Waals surface area contributed by atoms with Crippen molar-refractivity contribution >= 4 is 34.3 Å². The molecule has 1 aromatic carbocycles. The van der Waals surface area contributed by atoms with Gasteiger partial charge in [-0.2, -0.15) is 0 Å². The molecule has 1 aromatic heterocycles. The van der Waals surface area contributed by atoms with Crippen molar-refractivity contribution in [1.29, 1.82) is 0 Å². The van der Waals surface area contributed by atoms with Crippen LogP contribution < -0.4 is 10.2 Å². The Morgan fingerprint density at radius 2 is 2.08 bits per heavy atom. The van der Waals surface area contributed by atoms with E-state index in [-0.39, 0.29) is 17.9 Å². The number of para-hydroxylation sites is 1. The molecule has 1 heterocycles. The Morgan fingerprint density at radius 1 is 1.33 bits per heavy atom. The van der Waals surface area contributed by atoms with Crippen molar-refractivity contribution in [3.8, 4) is 0 Å². The summed E-state index contributed by atoms with van der Waals surface area (Å²) >= 11 is 5.85. The number of aromatic nitrogens is 1. The topological polar surface area (TPSA) is 56.9 Å². The van der Waals surface area contributed by atoms with Gasteiger partial charge in [-0.15, -0.1) is 6.58 Å². The summed E-state index contributed by atoms with van der Waals surface area (Å²) in [5.41, 5.74) is 1.90. The first-order valence-corrected chi connectivity index (χ1v) is 8.94. The van der Waals surface area contributed by atoms with Crippen molar-refractivity contribution in [2.24, 2.45) is 11.8 Å². The Hall–Kier alpha value is -1.78. The Morgan fingerprint density at radius 3 is 2.79 bits per heavy atom. The molecule has 4 nitrogen and oxygen atoms in total. The predicted molar refractivity (Wildman–Crippen MR) is 100.0 cm³/mol. The number of hydrogen-bond acceptors (Lipinski definition) is 2. The molecule has 1 saturated carbocycles. The van der Waals surface area contributed by atoms with Crippen LogP contribution in [0.2, 0.25) is 0 Å². The minimum atomic E-state index is 0.0784. The highest BCUT2D eigenvalue weighted by molar-refractivity contribution is 6.13. The number of H-pyrrole nitrogens is 1. The van der Waals surface area contributed by atoms with Crippen LogP contribution in [0.25, 0.3) is 10.9 Å². The SMILES string of the molecule is C=CCC(NCl)C1CCC(C(=O)Nc2c[nH]c3ccccc23)CC1. The summed E-state index contributed by atoms with van der Waals surface area (Å²) in [6.45, 7) is 3.79. The number of aromatic amines is 1. The first-order valence-electron chi connectivity index (χ1n) is 8.57. The fraction of sp³-hybridized carbons (Fsp3) is 0.421. The molecule has 1 fully saturated rings. The molecule has 5 heteroatoms. The van der Waals surface area contributed by atoms with Gasteiger partial charge in [-0.05, 0) is 55.9 Å². The lowest BCUT2D eigenvalue weighted by Gasteiger charge is -2.32. The Balaban J connectivity index is 1.58. The molecule has 3 N–H and O–H groups in total. The number of halogens is 1. The molecule has 2 aromatic rings. The van der Waals surface area contributed by atoms with Gasteiger partial charge in [-0.25, -0.2) is 4.84 Å². The molecular formula is C19H24ClN3O. The zero-order chi connectivity index (χ0) is 16.9. The third-order valence-electron chi connectivity index (χ3n) is 5.12. The van der Waals surface area contributed by atoms with Crippen LogP contribution in [0.1, 0.15) is 32.1 Å². The summed E-state index contributed by atoms with van der Waals surface area (Å²) in [6, 6.07) is 8.24. The molecule has 0 spiro atoms. The highest BCUT2D eigenvalue weighted by Crippen LogP contribution is 2.33. The van der Waals surface area contributed by atoms with Gasteiger partial charge in [-0.1, -0.05) is 24.3 Å². The van der Waals surface area contributed by atoms with E-state index in [9.17, 15) is 4.79 Å². The number of amides is 1. The molecule has 1 unspecified atom stereocenters. The maximum atomic E-state index is 12.6. The molecule has 1 aliphatic carbocycles. The second-order valence-corrected chi connectivity index (χ2v) is 6.81. The molecule has 1 aliphatic rings. The molecule has 24 heavy (non-hydrogen) atoms. The van der Waals surface area contributed by atoms with Crippen LogP contribution in [0.15, 0.2) is 43.1 Å². The molecule has 1 amide bonds. The number of benzene rings is 1. The van der Waals surface area contributed by atoms with E-state index in [1.165, 1.54) is 0 Å². The first-order chi connectivity index (χ1) is 11.7. The zero-order valence-electron chi connectivity index (χ0n) is 13.7. The predicted octanol–water partition coefficient (Wildman–Crippen LogP) is 4.60. The second-order valence-electron chi connectivity index (χ2n) is 6.59. The summed E-state index contributed by atoms with van der Waals surface area (Å²) in [7, 11) is 0. The quantitative estimate of drug-likeness (QED) is 0.529. The van der Waals surface area contributed by atoms with Crippen LogP contribution in [-0.2, 0) is 4.79 Å². The van der Waals surface area contributed by atoms with Crippen molar-refractivity contribution in [1.82, 2.24) is 9.82 Å². The van der Waals surface area contributed by atoms with Gasteiger partial charge >= 0.3 is 0 Å². The fourth-order valence-electron chi connectivity index (χ4n) is 3.70. The van der Waals surface area contributed by atoms with Gasteiger partial charge in [0.15, 0.2) is 0 Å². The van der Waals surface area contributed by atoms with Crippen LogP contribution in [0.3, 0.4) is 0 Å². The van der Waals surface area contributed by atoms with E-state index in [2.05, 4.69) is 21.7 Å². The van der Waals surface area contributed by atoms with E-state index in [1.807, 2.05) is 36.5 Å². The van der Waals surface area contributed by atoms with E-state index in [1.54, 1.807) is 0 Å². The number of rotatable bonds is 6. The maximum absolute atomic E-state index is 12.6. The lowest BCUT2D eigenvalue weighted by molar-refractivity contribution is -0.121. The van der Waals surface area contributed by atoms with Crippen molar-refractivity contribution in [3.05, 3.63) is 43.1 Å². The van der Waals surface area contributed by atoms with Crippen LogP contribution >= 0.6 is 11.8 Å². The molecule has 1 atom stereocenters. The van der Waals surface area contributed by atoms with Gasteiger partial charge in [0.25, 0.3) is 0 Å². The third-order valence-corrected chi connectivity index (χ3v) is 5.40. The van der Waals surface area contributed by atoms with Gasteiger partial charge in [0, 0.05) is 29.1 Å². The highest BCUT2D eigenvalue weighted by atomic mass is 35.5. The Kier molecular flexibility index (Phi) is 5.59. The van der Waals surface area contributed by atoms with E-state index < -0.39 is 0 Å². The van der Waals surface area contributed by atoms with Crippen LogP contribution in [-0.4, -0.2) is 16.9 Å². The van der Waals surface area contributed by atoms with Gasteiger partial charge in [0.05, 0.1) is 5.69 Å². The van der Waals surface area contributed by atoms with Crippen molar-refractivity contribution in [2.75, 3.05) is 5.32 Å². The van der Waals surface area contributed by atoms with Crippen molar-refractivity contribution in [3.63, 3.8) is 0 Å². The number of hydrogen-bond donors (Lipinski definition) is 3. The van der Waals surface area contributed by atoms with Crippen LogP contribution in [0.5, 0.6) is 0 Å². The minimum absolute atomic E-state index is 0.0784. The van der Waals surface area contributed by atoms with E-state index in [0.717, 1.165) is 48.7 Å². The average Bonchev–Trinajstić information content (AvgIpc) is 3.03. The van der Waals surface area contributed by atoms with Crippen LogP contribution in [0.4, 0.5) is 5.69 Å². The maximum Gasteiger partial charge on any atom is 0.227 e. The number of fused-ring (bicyclic) bond motifs is 1. The fourth-order valence-corrected chi connectivity index (χ4v) is 3.97. The number of nitrogens with one attached hydrogen (secondary N) is 3. The summed E-state index contributed by atoms with van der Waals surface area (Å²) in [5.74, 6) is 0.713. The molecular weight excluding hydrogens is 322 g/mol.